The zero-order valence-electron chi connectivity index (χ0n) is 48.5. The molecule has 8 amide bonds. The number of nitrogens with two attached hydrogens (primary N) is 1. The predicted octanol–water partition coefficient (Wildman–Crippen LogP) is 1.24. The van der Waals surface area contributed by atoms with Crippen LogP contribution < -0.4 is 37.6 Å². The van der Waals surface area contributed by atoms with Gasteiger partial charge in [0.1, 0.15) is 29.8 Å². The number of halogens is 2. The van der Waals surface area contributed by atoms with Crippen LogP contribution in [0.3, 0.4) is 0 Å². The number of nitrogens with zero attached hydrogens (tertiary/aromatic N) is 2. The number of aromatic nitrogens is 1. The molecule has 0 aliphatic carbocycles. The topological polar surface area (TPSA) is 364 Å². The van der Waals surface area contributed by atoms with Crippen molar-refractivity contribution < 1.29 is 90.6 Å². The second kappa shape index (κ2) is 37.4. The summed E-state index contributed by atoms with van der Waals surface area (Å²) in [6.45, 7) is 7.85. The normalized spacial score (nSPS) is 13.6. The smallest absolute Gasteiger partial charge is 0.326 e. The molecule has 0 radical (unpaired) electrons. The first-order valence-corrected chi connectivity index (χ1v) is 28.0. The maximum atomic E-state index is 15.2. The van der Waals surface area contributed by atoms with E-state index in [4.69, 9.17) is 34.5 Å². The fraction of sp³-hybridized carbons (Fsp3) is 0.517. The molecule has 0 saturated heterocycles. The van der Waals surface area contributed by atoms with Gasteiger partial charge in [-0.1, -0.05) is 51.1 Å². The molecule has 2 heterocycles. The van der Waals surface area contributed by atoms with Gasteiger partial charge in [0, 0.05) is 80.5 Å². The molecule has 2 aromatic carbocycles. The van der Waals surface area contributed by atoms with Crippen molar-refractivity contribution in [2.75, 3.05) is 92.2 Å². The third kappa shape index (κ3) is 26.5. The maximum absolute atomic E-state index is 15.2. The minimum atomic E-state index is -1.55. The first-order chi connectivity index (χ1) is 41.0. The number of carbonyl (C=O) groups is 10. The number of hydrogen-bond acceptors (Lipinski definition) is 16. The van der Waals surface area contributed by atoms with E-state index >= 15 is 4.39 Å². The number of primary amides is 1. The molecule has 4 rings (SSSR count). The summed E-state index contributed by atoms with van der Waals surface area (Å²) in [6.07, 6.45) is 1.78. The van der Waals surface area contributed by atoms with Crippen LogP contribution in [0, 0.1) is 17.0 Å². The highest BCUT2D eigenvalue weighted by Crippen LogP contribution is 2.37. The molecule has 28 heteroatoms. The number of carboxylic acid groups (broad SMARTS) is 2. The fourth-order valence-electron chi connectivity index (χ4n) is 8.56. The Morgan fingerprint density at radius 2 is 1.21 bits per heavy atom. The molecule has 26 nitrogen and oxygen atoms in total. The summed E-state index contributed by atoms with van der Waals surface area (Å²) >= 11 is 0. The SMILES string of the molecule is CC(C)(C)[C@@H](NCC[C@H](NC(=O)[C@@H](CC(N)=O)NC(=O)CCOCCOCCOCCOCCNC(=O)CCOCCN1C(=O)C=CC1=O)C(=O)NCCC(=O)N[C@H](CCC(=O)O)C(=O)O)c1cc(-c2cc(F)ccc2F)cn1Cc1ccccc1. The van der Waals surface area contributed by atoms with Crippen molar-refractivity contribution in [3.63, 3.8) is 0 Å². The highest BCUT2D eigenvalue weighted by atomic mass is 19.1. The lowest BCUT2D eigenvalue weighted by Crippen LogP contribution is -2.55. The van der Waals surface area contributed by atoms with Crippen LogP contribution in [0.1, 0.15) is 83.0 Å². The molecule has 1 aliphatic rings. The van der Waals surface area contributed by atoms with Gasteiger partial charge in [-0.2, -0.15) is 0 Å². The summed E-state index contributed by atoms with van der Waals surface area (Å²) in [5.74, 6) is -9.28. The summed E-state index contributed by atoms with van der Waals surface area (Å²) in [7, 11) is 0. The number of amides is 8. The van der Waals surface area contributed by atoms with Gasteiger partial charge in [-0.3, -0.25) is 48.1 Å². The molecule has 0 unspecified atom stereocenters. The van der Waals surface area contributed by atoms with Crippen LogP contribution in [0.5, 0.6) is 0 Å². The zero-order chi connectivity index (χ0) is 63.0. The van der Waals surface area contributed by atoms with E-state index in [-0.39, 0.29) is 123 Å². The zero-order valence-corrected chi connectivity index (χ0v) is 48.5. The van der Waals surface area contributed by atoms with Gasteiger partial charge in [-0.05, 0) is 54.6 Å². The summed E-state index contributed by atoms with van der Waals surface area (Å²) in [5, 5.41) is 34.5. The van der Waals surface area contributed by atoms with Gasteiger partial charge in [0.05, 0.1) is 85.1 Å². The van der Waals surface area contributed by atoms with E-state index in [0.717, 1.165) is 28.7 Å². The first-order valence-electron chi connectivity index (χ1n) is 28.0. The molecular weight excluding hydrogens is 1130 g/mol. The van der Waals surface area contributed by atoms with E-state index in [1.54, 1.807) is 12.3 Å². The van der Waals surface area contributed by atoms with E-state index in [1.807, 2.05) is 55.7 Å². The molecule has 0 fully saturated rings. The number of imide groups is 1. The predicted molar refractivity (Wildman–Crippen MR) is 304 cm³/mol. The van der Waals surface area contributed by atoms with Crippen LogP contribution in [0.4, 0.5) is 8.78 Å². The molecule has 1 aliphatic heterocycles. The van der Waals surface area contributed by atoms with Crippen molar-refractivity contribution in [3.05, 3.63) is 95.8 Å². The number of carbonyl (C=O) groups excluding carboxylic acids is 8. The van der Waals surface area contributed by atoms with Crippen LogP contribution in [0.25, 0.3) is 11.1 Å². The maximum Gasteiger partial charge on any atom is 0.326 e. The van der Waals surface area contributed by atoms with E-state index in [0.29, 0.717) is 17.8 Å². The summed E-state index contributed by atoms with van der Waals surface area (Å²) in [5.41, 5.74) is 6.95. The van der Waals surface area contributed by atoms with Gasteiger partial charge in [-0.15, -0.1) is 0 Å². The molecule has 0 bridgehead atoms. The fourth-order valence-corrected chi connectivity index (χ4v) is 8.56. The van der Waals surface area contributed by atoms with Crippen LogP contribution in [0.2, 0.25) is 0 Å². The van der Waals surface area contributed by atoms with Gasteiger partial charge < -0.3 is 76.1 Å². The molecule has 0 spiro atoms. The first kappa shape index (κ1) is 70.5. The van der Waals surface area contributed by atoms with Gasteiger partial charge in [-0.25, -0.2) is 13.6 Å². The van der Waals surface area contributed by atoms with Crippen molar-refractivity contribution in [1.82, 2.24) is 41.4 Å². The van der Waals surface area contributed by atoms with Gasteiger partial charge in [0.15, 0.2) is 0 Å². The Hall–Kier alpha value is -8.02. The molecule has 472 valence electrons. The number of aliphatic carboxylic acids is 2. The second-order valence-electron chi connectivity index (χ2n) is 20.8. The van der Waals surface area contributed by atoms with Crippen molar-refractivity contribution in [1.29, 1.82) is 0 Å². The van der Waals surface area contributed by atoms with Crippen LogP contribution in [-0.4, -0.2) is 189 Å². The molecule has 10 N–H and O–H groups in total. The van der Waals surface area contributed by atoms with Crippen molar-refractivity contribution in [3.8, 4) is 11.1 Å². The molecule has 1 aromatic heterocycles. The third-order valence-corrected chi connectivity index (χ3v) is 12.9. The molecule has 4 atom stereocenters. The lowest BCUT2D eigenvalue weighted by molar-refractivity contribution is -0.143. The lowest BCUT2D eigenvalue weighted by atomic mass is 9.84. The molecule has 86 heavy (non-hydrogen) atoms. The standard InChI is InChI=1S/C58H79F2N9O17/c1-58(2,3)54(46-33-39(41-34-40(59)9-10-42(41)60)37-68(46)36-38-7-5-4-6-8-38)63-19-15-43(55(78)64-20-16-49(72)65-44(57(80)81)11-14-53(76)77)67-56(79)45(35-47(61)70)66-50(73)18-24-83-27-29-85-31-32-86-30-28-84-25-21-62-48(71)17-23-82-26-22-69-51(74)12-13-52(69)75/h4-10,12-13,33-34,37,43-45,54,63H,11,14-32,35-36H2,1-3H3,(H2,61,70)(H,62,71)(H,64,78)(H,65,72)(H,66,73)(H,67,79)(H,76,77)(H,80,81)/t43-,44+,45+,54-/m0/s1. The van der Waals surface area contributed by atoms with E-state index in [2.05, 4.69) is 31.9 Å². The number of carboxylic acids is 2. The highest BCUT2D eigenvalue weighted by Gasteiger charge is 2.33. The Morgan fingerprint density at radius 3 is 1.83 bits per heavy atom. The average Bonchev–Trinajstić information content (AvgIpc) is 3.29. The number of ether oxygens (including phenoxy) is 5. The Bertz CT molecular complexity index is 2760. The van der Waals surface area contributed by atoms with Crippen molar-refractivity contribution >= 4 is 59.2 Å². The number of hydrogen-bond donors (Lipinski definition) is 9. The summed E-state index contributed by atoms with van der Waals surface area (Å²) in [4.78, 5) is 125. The lowest BCUT2D eigenvalue weighted by Gasteiger charge is -2.33. The van der Waals surface area contributed by atoms with E-state index < -0.39 is 120 Å². The van der Waals surface area contributed by atoms with Crippen molar-refractivity contribution in [2.24, 2.45) is 11.1 Å². The molecule has 3 aromatic rings. The second-order valence-corrected chi connectivity index (χ2v) is 20.8. The van der Waals surface area contributed by atoms with Crippen LogP contribution >= 0.6 is 0 Å². The Kier molecular flexibility index (Phi) is 30.7. The number of rotatable bonds is 43. The van der Waals surface area contributed by atoms with Gasteiger partial charge >= 0.3 is 11.9 Å². The van der Waals surface area contributed by atoms with Gasteiger partial charge in [0.25, 0.3) is 11.8 Å². The minimum absolute atomic E-state index is 0.0160. The van der Waals surface area contributed by atoms with Crippen molar-refractivity contribution in [2.45, 2.75) is 96.4 Å². The summed E-state index contributed by atoms with van der Waals surface area (Å²) in [6, 6.07) is 9.36. The Labute approximate surface area is 496 Å². The Balaban J connectivity index is 1.27. The monoisotopic (exact) mass is 1210 g/mol. The third-order valence-electron chi connectivity index (χ3n) is 12.9. The largest absolute Gasteiger partial charge is 0.481 e. The summed E-state index contributed by atoms with van der Waals surface area (Å²) < 4.78 is 58.9. The highest BCUT2D eigenvalue weighted by molar-refractivity contribution is 6.12. The van der Waals surface area contributed by atoms with Crippen LogP contribution in [0.15, 0.2) is 72.9 Å². The molecular formula is C58H79F2N9O17. The minimum Gasteiger partial charge on any atom is -0.481 e. The number of nitrogens with one attached hydrogen (secondary N) is 6. The molecule has 0 saturated carbocycles. The Morgan fingerprint density at radius 1 is 0.616 bits per heavy atom. The van der Waals surface area contributed by atoms with Gasteiger partial charge in [0.2, 0.25) is 35.4 Å². The quantitative estimate of drug-likeness (QED) is 0.0284. The van der Waals surface area contributed by atoms with E-state index in [1.165, 1.54) is 12.2 Å². The van der Waals surface area contributed by atoms with E-state index in [9.17, 15) is 57.4 Å². The average molecular weight is 1210 g/mol. The number of benzene rings is 2. The van der Waals surface area contributed by atoms with Crippen LogP contribution in [-0.2, 0) is 78.2 Å².